The average Bonchev–Trinajstić information content (AvgIpc) is 4.00. The molecule has 0 saturated carbocycles. The number of aromatic nitrogens is 2. The van der Waals surface area contributed by atoms with Crippen LogP contribution in [0.15, 0.2) is 237 Å². The van der Waals surface area contributed by atoms with E-state index in [2.05, 4.69) is 250 Å². The number of nitrogens with zero attached hydrogens (tertiary/aromatic N) is 3. The maximum Gasteiger partial charge on any atom is 0.0620 e. The minimum atomic E-state index is 1.10. The summed E-state index contributed by atoms with van der Waals surface area (Å²) in [5.41, 5.74) is 17.8. The lowest BCUT2D eigenvalue weighted by molar-refractivity contribution is 1.18. The first-order valence-electron chi connectivity index (χ1n) is 21.7. The molecule has 3 aromatic heterocycles. The van der Waals surface area contributed by atoms with Gasteiger partial charge in [-0.05, 0) is 124 Å². The van der Waals surface area contributed by atoms with Gasteiger partial charge in [0.2, 0.25) is 0 Å². The third-order valence-corrected chi connectivity index (χ3v) is 13.0. The molecule has 0 spiro atoms. The van der Waals surface area contributed by atoms with Crippen molar-refractivity contribution in [2.75, 3.05) is 4.90 Å². The fourth-order valence-corrected chi connectivity index (χ4v) is 10.1. The lowest BCUT2D eigenvalue weighted by atomic mass is 9.98. The summed E-state index contributed by atoms with van der Waals surface area (Å²) in [6.45, 7) is 0. The third kappa shape index (κ3) is 5.60. The first kappa shape index (κ1) is 35.4. The van der Waals surface area contributed by atoms with Gasteiger partial charge in [-0.15, -0.1) is 0 Å². The Morgan fingerprint density at radius 3 is 1.22 bits per heavy atom. The van der Waals surface area contributed by atoms with Crippen LogP contribution in [-0.2, 0) is 0 Å². The summed E-state index contributed by atoms with van der Waals surface area (Å²) in [6.07, 6.45) is 0. The lowest BCUT2D eigenvalue weighted by Crippen LogP contribution is -2.10. The van der Waals surface area contributed by atoms with Crippen LogP contribution < -0.4 is 4.90 Å². The van der Waals surface area contributed by atoms with E-state index >= 15 is 0 Å². The van der Waals surface area contributed by atoms with Crippen LogP contribution in [0.2, 0.25) is 0 Å². The monoisotopic (exact) mass is 801 g/mol. The largest absolute Gasteiger partial charge is 0.310 e. The highest BCUT2D eigenvalue weighted by atomic mass is 15.1. The highest BCUT2D eigenvalue weighted by Crippen LogP contribution is 2.44. The maximum absolute atomic E-state index is 2.45. The molecular weight excluding hydrogens is 763 g/mol. The Morgan fingerprint density at radius 2 is 0.667 bits per heavy atom. The number of anilines is 3. The van der Waals surface area contributed by atoms with Gasteiger partial charge in [0, 0.05) is 55.1 Å². The molecule has 0 N–H and O–H groups in total. The standard InChI is InChI=1S/C60H39N3/c1-4-14-40(15-5-1)42-24-29-47(30-25-42)61(48-31-26-43(27-32-48)41-16-6-2-7-17-41)49-33-35-59-53(39-49)52-36-44(28-34-58(52)62(59)46-18-8-3-9-19-46)45-37-54-50-20-10-12-22-56(50)63-57-23-13-11-21-51(57)55(38-45)60(54)63/h1-39H. The maximum atomic E-state index is 2.45. The van der Waals surface area contributed by atoms with E-state index in [1.54, 1.807) is 0 Å². The topological polar surface area (TPSA) is 12.6 Å². The van der Waals surface area contributed by atoms with E-state index in [1.165, 1.54) is 93.3 Å². The number of hydrogen-bond donors (Lipinski definition) is 0. The molecule has 0 atom stereocenters. The molecule has 13 rings (SSSR count). The lowest BCUT2D eigenvalue weighted by Gasteiger charge is -2.26. The van der Waals surface area contributed by atoms with E-state index in [0.717, 1.165) is 22.7 Å². The quantitative estimate of drug-likeness (QED) is 0.156. The zero-order valence-corrected chi connectivity index (χ0v) is 34.4. The average molecular weight is 802 g/mol. The van der Waals surface area contributed by atoms with E-state index in [-0.39, 0.29) is 0 Å². The van der Waals surface area contributed by atoms with Crippen LogP contribution in [0, 0.1) is 0 Å². The minimum absolute atomic E-state index is 1.10. The van der Waals surface area contributed by atoms with Crippen LogP contribution in [-0.4, -0.2) is 8.97 Å². The second-order valence-electron chi connectivity index (χ2n) is 16.6. The van der Waals surface area contributed by atoms with Crippen LogP contribution in [0.25, 0.3) is 99.0 Å². The zero-order chi connectivity index (χ0) is 41.4. The third-order valence-electron chi connectivity index (χ3n) is 13.0. The Kier molecular flexibility index (Phi) is 7.91. The first-order chi connectivity index (χ1) is 31.2. The summed E-state index contributed by atoms with van der Waals surface area (Å²) in [4.78, 5) is 2.39. The predicted molar refractivity (Wildman–Crippen MR) is 266 cm³/mol. The molecule has 0 radical (unpaired) electrons. The molecule has 3 heterocycles. The van der Waals surface area contributed by atoms with Gasteiger partial charge < -0.3 is 13.9 Å². The van der Waals surface area contributed by atoms with Crippen LogP contribution in [0.3, 0.4) is 0 Å². The summed E-state index contributed by atoms with van der Waals surface area (Å²) < 4.78 is 4.87. The molecule has 0 amide bonds. The van der Waals surface area contributed by atoms with Gasteiger partial charge in [-0.25, -0.2) is 0 Å². The van der Waals surface area contributed by atoms with Crippen molar-refractivity contribution in [1.29, 1.82) is 0 Å². The fourth-order valence-electron chi connectivity index (χ4n) is 10.1. The molecule has 0 fully saturated rings. The van der Waals surface area contributed by atoms with Gasteiger partial charge >= 0.3 is 0 Å². The summed E-state index contributed by atoms with van der Waals surface area (Å²) in [5, 5.41) is 7.56. The Hall–Kier alpha value is -8.40. The molecule has 63 heavy (non-hydrogen) atoms. The van der Waals surface area contributed by atoms with Crippen LogP contribution in [0.1, 0.15) is 0 Å². The molecule has 3 nitrogen and oxygen atoms in total. The van der Waals surface area contributed by atoms with Crippen molar-refractivity contribution in [3.8, 4) is 39.1 Å². The summed E-state index contributed by atoms with van der Waals surface area (Å²) in [6, 6.07) is 86.4. The van der Waals surface area contributed by atoms with Crippen molar-refractivity contribution < 1.29 is 0 Å². The van der Waals surface area contributed by atoms with E-state index in [0.29, 0.717) is 0 Å². The van der Waals surface area contributed by atoms with Crippen LogP contribution >= 0.6 is 0 Å². The Labute approximate surface area is 364 Å². The van der Waals surface area contributed by atoms with Gasteiger partial charge in [-0.3, -0.25) is 0 Å². The van der Waals surface area contributed by atoms with E-state index in [1.807, 2.05) is 0 Å². The van der Waals surface area contributed by atoms with Crippen LogP contribution in [0.4, 0.5) is 17.1 Å². The summed E-state index contributed by atoms with van der Waals surface area (Å²) in [5.74, 6) is 0. The highest BCUT2D eigenvalue weighted by Gasteiger charge is 2.21. The molecule has 0 unspecified atom stereocenters. The van der Waals surface area contributed by atoms with Crippen molar-refractivity contribution in [3.05, 3.63) is 237 Å². The zero-order valence-electron chi connectivity index (χ0n) is 34.4. The Bertz CT molecular complexity index is 3640. The minimum Gasteiger partial charge on any atom is -0.310 e. The molecule has 13 aromatic rings. The molecule has 3 heteroatoms. The van der Waals surface area contributed by atoms with E-state index in [4.69, 9.17) is 0 Å². The van der Waals surface area contributed by atoms with Gasteiger partial charge in [-0.1, -0.05) is 146 Å². The van der Waals surface area contributed by atoms with Crippen molar-refractivity contribution in [2.24, 2.45) is 0 Å². The van der Waals surface area contributed by atoms with E-state index < -0.39 is 0 Å². The van der Waals surface area contributed by atoms with Gasteiger partial charge in [0.05, 0.1) is 27.6 Å². The van der Waals surface area contributed by atoms with Crippen molar-refractivity contribution >= 4 is 77.0 Å². The molecule has 10 aromatic carbocycles. The van der Waals surface area contributed by atoms with Gasteiger partial charge in [0.15, 0.2) is 0 Å². The van der Waals surface area contributed by atoms with Crippen LogP contribution in [0.5, 0.6) is 0 Å². The number of hydrogen-bond acceptors (Lipinski definition) is 1. The molecular formula is C60H39N3. The van der Waals surface area contributed by atoms with Gasteiger partial charge in [0.1, 0.15) is 0 Å². The normalized spacial score (nSPS) is 11.8. The number of benzene rings is 10. The Balaban J connectivity index is 1.02. The van der Waals surface area contributed by atoms with E-state index in [9.17, 15) is 0 Å². The smallest absolute Gasteiger partial charge is 0.0620 e. The molecule has 0 saturated heterocycles. The first-order valence-corrected chi connectivity index (χ1v) is 21.7. The fraction of sp³-hybridized carbons (Fsp3) is 0. The van der Waals surface area contributed by atoms with Crippen molar-refractivity contribution in [2.45, 2.75) is 0 Å². The van der Waals surface area contributed by atoms with Gasteiger partial charge in [0.25, 0.3) is 0 Å². The second kappa shape index (κ2) is 14.1. The number of para-hydroxylation sites is 3. The predicted octanol–water partition coefficient (Wildman–Crippen LogP) is 16.4. The molecule has 0 aliphatic rings. The number of fused-ring (bicyclic) bond motifs is 9. The van der Waals surface area contributed by atoms with Crippen molar-refractivity contribution in [1.82, 2.24) is 8.97 Å². The molecule has 0 aliphatic heterocycles. The number of rotatable bonds is 7. The molecule has 0 bridgehead atoms. The highest BCUT2D eigenvalue weighted by molar-refractivity contribution is 6.24. The summed E-state index contributed by atoms with van der Waals surface area (Å²) >= 11 is 0. The van der Waals surface area contributed by atoms with Crippen molar-refractivity contribution in [3.63, 3.8) is 0 Å². The second-order valence-corrected chi connectivity index (χ2v) is 16.6. The van der Waals surface area contributed by atoms with Gasteiger partial charge in [-0.2, -0.15) is 0 Å². The molecule has 0 aliphatic carbocycles. The SMILES string of the molecule is c1ccc(-c2ccc(N(c3ccc(-c4ccccc4)cc3)c3ccc4c(c3)c3cc(-c5cc6c7ccccc7n7c8ccccc8c(c5)c67)ccc3n4-c3ccccc3)cc2)cc1. The Morgan fingerprint density at radius 1 is 0.254 bits per heavy atom. The summed E-state index contributed by atoms with van der Waals surface area (Å²) in [7, 11) is 0. The molecule has 294 valence electrons.